The van der Waals surface area contributed by atoms with Crippen molar-refractivity contribution >= 4 is 0 Å². The molecule has 0 bridgehead atoms. The first kappa shape index (κ1) is 8.61. The van der Waals surface area contributed by atoms with E-state index >= 15 is 0 Å². The van der Waals surface area contributed by atoms with Gasteiger partial charge in [0.05, 0.1) is 6.10 Å². The highest BCUT2D eigenvalue weighted by molar-refractivity contribution is 4.86. The second-order valence-corrected chi connectivity index (χ2v) is 3.09. The van der Waals surface area contributed by atoms with E-state index in [1.165, 1.54) is 17.3 Å². The number of hydrogen-bond acceptors (Lipinski definition) is 5. The Morgan fingerprint density at radius 2 is 2.15 bits per heavy atom. The number of rotatable bonds is 1. The summed E-state index contributed by atoms with van der Waals surface area (Å²) < 4.78 is 6.68. The molecule has 1 aromatic heterocycles. The molecule has 0 saturated carbocycles. The third kappa shape index (κ3) is 1.32. The molecule has 4 atom stereocenters. The zero-order valence-electron chi connectivity index (χ0n) is 7.11. The molecule has 0 aliphatic carbocycles. The third-order valence-electron chi connectivity index (χ3n) is 2.17. The van der Waals surface area contributed by atoms with Crippen molar-refractivity contribution in [3.63, 3.8) is 0 Å². The van der Waals surface area contributed by atoms with Gasteiger partial charge in [-0.25, -0.2) is 9.67 Å². The zero-order valence-corrected chi connectivity index (χ0v) is 7.11. The summed E-state index contributed by atoms with van der Waals surface area (Å²) in [5.41, 5.74) is 0. The lowest BCUT2D eigenvalue weighted by Gasteiger charge is -2.13. The van der Waals surface area contributed by atoms with Gasteiger partial charge in [-0.05, 0) is 6.92 Å². The highest BCUT2D eigenvalue weighted by Gasteiger charge is 2.41. The Bertz CT molecular complexity index is 277. The lowest BCUT2D eigenvalue weighted by molar-refractivity contribution is -0.0399. The zero-order chi connectivity index (χ0) is 9.42. The molecule has 1 aliphatic heterocycles. The van der Waals surface area contributed by atoms with Crippen molar-refractivity contribution in [3.05, 3.63) is 12.7 Å². The van der Waals surface area contributed by atoms with Crippen LogP contribution in [0.5, 0.6) is 0 Å². The molecule has 2 heterocycles. The number of aliphatic hydroxyl groups is 2. The summed E-state index contributed by atoms with van der Waals surface area (Å²) in [6, 6.07) is 0. The summed E-state index contributed by atoms with van der Waals surface area (Å²) in [5.74, 6) is 0. The lowest BCUT2D eigenvalue weighted by atomic mass is 10.1. The fraction of sp³-hybridized carbons (Fsp3) is 0.714. The number of aromatic nitrogens is 3. The molecule has 1 aliphatic rings. The molecule has 1 saturated heterocycles. The Hall–Kier alpha value is -0.980. The Balaban J connectivity index is 2.19. The minimum atomic E-state index is -0.948. The summed E-state index contributed by atoms with van der Waals surface area (Å²) in [6.45, 7) is 1.70. The Labute approximate surface area is 74.8 Å². The Kier molecular flexibility index (Phi) is 2.03. The summed E-state index contributed by atoms with van der Waals surface area (Å²) >= 11 is 0. The van der Waals surface area contributed by atoms with E-state index in [1.54, 1.807) is 6.92 Å². The third-order valence-corrected chi connectivity index (χ3v) is 2.17. The normalized spacial score (nSPS) is 39.6. The maximum Gasteiger partial charge on any atom is 0.180 e. The van der Waals surface area contributed by atoms with Crippen LogP contribution in [0.4, 0.5) is 0 Å². The number of hydrogen-bond donors (Lipinski definition) is 2. The predicted molar refractivity (Wildman–Crippen MR) is 41.6 cm³/mol. The van der Waals surface area contributed by atoms with Gasteiger partial charge in [0.2, 0.25) is 0 Å². The topological polar surface area (TPSA) is 80.4 Å². The first-order valence-electron chi connectivity index (χ1n) is 4.06. The van der Waals surface area contributed by atoms with Crippen LogP contribution in [0.2, 0.25) is 0 Å². The first-order chi connectivity index (χ1) is 6.20. The minimum absolute atomic E-state index is 0.385. The SMILES string of the molecule is CC1OC(n2cncn2)C(O)C1O. The largest absolute Gasteiger partial charge is 0.388 e. The van der Waals surface area contributed by atoms with Crippen molar-refractivity contribution in [1.29, 1.82) is 0 Å². The summed E-state index contributed by atoms with van der Waals surface area (Å²) in [4.78, 5) is 3.73. The van der Waals surface area contributed by atoms with Crippen molar-refractivity contribution in [3.8, 4) is 0 Å². The first-order valence-corrected chi connectivity index (χ1v) is 4.06. The maximum absolute atomic E-state index is 9.54. The predicted octanol–water partition coefficient (Wildman–Crippen LogP) is -1.08. The van der Waals surface area contributed by atoms with Crippen LogP contribution in [-0.2, 0) is 4.74 Å². The monoisotopic (exact) mass is 185 g/mol. The van der Waals surface area contributed by atoms with Crippen LogP contribution in [0, 0.1) is 0 Å². The Morgan fingerprint density at radius 1 is 1.38 bits per heavy atom. The molecule has 0 aromatic carbocycles. The van der Waals surface area contributed by atoms with Gasteiger partial charge in [-0.3, -0.25) is 0 Å². The summed E-state index contributed by atoms with van der Waals surface area (Å²) in [7, 11) is 0. The minimum Gasteiger partial charge on any atom is -0.388 e. The molecule has 6 heteroatoms. The van der Waals surface area contributed by atoms with Crippen molar-refractivity contribution in [2.24, 2.45) is 0 Å². The van der Waals surface area contributed by atoms with Gasteiger partial charge in [-0.2, -0.15) is 5.10 Å². The van der Waals surface area contributed by atoms with Gasteiger partial charge in [0.15, 0.2) is 6.23 Å². The molecule has 6 nitrogen and oxygen atoms in total. The van der Waals surface area contributed by atoms with E-state index in [1.807, 2.05) is 0 Å². The molecule has 13 heavy (non-hydrogen) atoms. The van der Waals surface area contributed by atoms with Gasteiger partial charge in [0, 0.05) is 0 Å². The molecule has 0 amide bonds. The molecule has 2 N–H and O–H groups in total. The van der Waals surface area contributed by atoms with Crippen LogP contribution in [0.3, 0.4) is 0 Å². The van der Waals surface area contributed by atoms with Gasteiger partial charge in [0.1, 0.15) is 24.9 Å². The second kappa shape index (κ2) is 3.06. The van der Waals surface area contributed by atoms with Gasteiger partial charge in [-0.1, -0.05) is 0 Å². The van der Waals surface area contributed by atoms with Gasteiger partial charge in [0.25, 0.3) is 0 Å². The second-order valence-electron chi connectivity index (χ2n) is 3.09. The molecule has 0 radical (unpaired) electrons. The van der Waals surface area contributed by atoms with Crippen molar-refractivity contribution < 1.29 is 14.9 Å². The average Bonchev–Trinajstić information content (AvgIpc) is 2.70. The fourth-order valence-corrected chi connectivity index (χ4v) is 1.39. The average molecular weight is 185 g/mol. The number of nitrogens with zero attached hydrogens (tertiary/aromatic N) is 3. The molecular formula is C7H11N3O3. The van der Waals surface area contributed by atoms with E-state index in [0.29, 0.717) is 0 Å². The highest BCUT2D eigenvalue weighted by Crippen LogP contribution is 2.27. The lowest BCUT2D eigenvalue weighted by Crippen LogP contribution is -2.30. The van der Waals surface area contributed by atoms with Crippen LogP contribution in [0.1, 0.15) is 13.2 Å². The quantitative estimate of drug-likeness (QED) is 0.581. The standard InChI is InChI=1S/C7H11N3O3/c1-4-5(11)6(12)7(13-4)10-3-8-2-9-10/h2-7,11-12H,1H3. The highest BCUT2D eigenvalue weighted by atomic mass is 16.6. The number of aliphatic hydroxyl groups excluding tert-OH is 2. The van der Waals surface area contributed by atoms with Crippen molar-refractivity contribution in [2.45, 2.75) is 31.5 Å². The maximum atomic E-state index is 9.54. The molecular weight excluding hydrogens is 174 g/mol. The van der Waals surface area contributed by atoms with Gasteiger partial charge < -0.3 is 14.9 Å². The molecule has 0 spiro atoms. The van der Waals surface area contributed by atoms with Gasteiger partial charge in [-0.15, -0.1) is 0 Å². The van der Waals surface area contributed by atoms with Crippen LogP contribution in [0.15, 0.2) is 12.7 Å². The van der Waals surface area contributed by atoms with E-state index in [0.717, 1.165) is 0 Å². The molecule has 72 valence electrons. The van der Waals surface area contributed by atoms with E-state index in [9.17, 15) is 10.2 Å². The molecule has 2 rings (SSSR count). The van der Waals surface area contributed by atoms with Crippen molar-refractivity contribution in [1.82, 2.24) is 14.8 Å². The van der Waals surface area contributed by atoms with E-state index < -0.39 is 18.4 Å². The van der Waals surface area contributed by atoms with Gasteiger partial charge >= 0.3 is 0 Å². The molecule has 4 unspecified atom stereocenters. The van der Waals surface area contributed by atoms with Crippen LogP contribution in [-0.4, -0.2) is 43.3 Å². The van der Waals surface area contributed by atoms with Crippen molar-refractivity contribution in [2.75, 3.05) is 0 Å². The molecule has 1 fully saturated rings. The van der Waals surface area contributed by atoms with Crippen LogP contribution in [0.25, 0.3) is 0 Å². The smallest absolute Gasteiger partial charge is 0.180 e. The fourth-order valence-electron chi connectivity index (χ4n) is 1.39. The van der Waals surface area contributed by atoms with E-state index in [2.05, 4.69) is 10.1 Å². The molecule has 1 aromatic rings. The van der Waals surface area contributed by atoms with Crippen LogP contribution < -0.4 is 0 Å². The summed E-state index contributed by atoms with van der Waals surface area (Å²) in [5, 5.41) is 22.8. The Morgan fingerprint density at radius 3 is 2.62 bits per heavy atom. The number of ether oxygens (including phenoxy) is 1. The summed E-state index contributed by atoms with van der Waals surface area (Å²) in [6.07, 6.45) is -0.0352. The van der Waals surface area contributed by atoms with E-state index in [-0.39, 0.29) is 6.10 Å². The van der Waals surface area contributed by atoms with E-state index in [4.69, 9.17) is 4.74 Å². The van der Waals surface area contributed by atoms with Crippen LogP contribution >= 0.6 is 0 Å².